The second-order valence-electron chi connectivity index (χ2n) is 11.2. The minimum atomic E-state index is -1.08. The van der Waals surface area contributed by atoms with Gasteiger partial charge >= 0.3 is 5.97 Å². The van der Waals surface area contributed by atoms with Crippen LogP contribution >= 0.6 is 0 Å². The Morgan fingerprint density at radius 1 is 0.850 bits per heavy atom. The summed E-state index contributed by atoms with van der Waals surface area (Å²) in [4.78, 5) is 18.1. The third-order valence-corrected chi connectivity index (χ3v) is 9.11. The van der Waals surface area contributed by atoms with Crippen molar-refractivity contribution in [3.8, 4) is 11.5 Å². The van der Waals surface area contributed by atoms with E-state index < -0.39 is 5.60 Å². The summed E-state index contributed by atoms with van der Waals surface area (Å²) in [6, 6.07) is 29.4. The monoisotopic (exact) mass is 530 g/mol. The number of carbonyl (C=O) groups excluding carboxylic acids is 1. The van der Waals surface area contributed by atoms with Crippen LogP contribution in [0.2, 0.25) is 0 Å². The molecule has 0 aliphatic carbocycles. The van der Waals surface area contributed by atoms with Crippen molar-refractivity contribution in [2.75, 3.05) is 22.9 Å². The molecule has 7 rings (SSSR count). The van der Waals surface area contributed by atoms with Crippen molar-refractivity contribution in [1.82, 2.24) is 0 Å². The molecule has 4 aromatic rings. The molecule has 3 heterocycles. The molecule has 3 atom stereocenters. The molecule has 0 N–H and O–H groups in total. The molecule has 0 saturated carbocycles. The van der Waals surface area contributed by atoms with E-state index in [9.17, 15) is 4.79 Å². The SMILES string of the molecule is CCN(CC)c1ccc2c(c1)Oc1ccc(N3c4ccccc4CC(C)C3C)cc1C21OC(=O)c2ccccc21. The largest absolute Gasteiger partial charge is 0.456 e. The van der Waals surface area contributed by atoms with Crippen LogP contribution in [-0.2, 0) is 16.8 Å². The van der Waals surface area contributed by atoms with Gasteiger partial charge in [0.25, 0.3) is 0 Å². The van der Waals surface area contributed by atoms with E-state index in [2.05, 4.69) is 92.1 Å². The van der Waals surface area contributed by atoms with Gasteiger partial charge in [-0.25, -0.2) is 4.79 Å². The number of nitrogens with zero attached hydrogens (tertiary/aromatic N) is 2. The molecule has 40 heavy (non-hydrogen) atoms. The van der Waals surface area contributed by atoms with E-state index in [4.69, 9.17) is 9.47 Å². The van der Waals surface area contributed by atoms with Gasteiger partial charge in [-0.2, -0.15) is 0 Å². The molecule has 3 aliphatic rings. The predicted octanol–water partition coefficient (Wildman–Crippen LogP) is 7.82. The molecule has 1 spiro atoms. The Morgan fingerprint density at radius 2 is 1.62 bits per heavy atom. The summed E-state index contributed by atoms with van der Waals surface area (Å²) in [7, 11) is 0. The number of hydrogen-bond donors (Lipinski definition) is 0. The average Bonchev–Trinajstić information content (AvgIpc) is 3.27. The standard InChI is InChI=1S/C35H34N2O3/c1-5-36(6-2)25-15-17-29-33(21-25)39-32-18-16-26(37-23(4)22(3)19-24-11-7-10-14-31(24)37)20-30(32)35(29)28-13-9-8-12-27(28)34(38)40-35/h7-18,20-23H,5-6,19H2,1-4H3. The average molecular weight is 531 g/mol. The van der Waals surface area contributed by atoms with Crippen LogP contribution in [0.3, 0.4) is 0 Å². The summed E-state index contributed by atoms with van der Waals surface area (Å²) >= 11 is 0. The van der Waals surface area contributed by atoms with Gasteiger partial charge in [0.05, 0.1) is 5.56 Å². The number of benzene rings is 4. The normalized spacial score (nSPS) is 22.1. The van der Waals surface area contributed by atoms with Crippen molar-refractivity contribution < 1.29 is 14.3 Å². The Labute approximate surface area is 236 Å². The Kier molecular flexibility index (Phi) is 5.67. The molecule has 202 valence electrons. The lowest BCUT2D eigenvalue weighted by Gasteiger charge is -2.42. The fraction of sp³-hybridized carbons (Fsp3) is 0.286. The van der Waals surface area contributed by atoms with Crippen LogP contribution in [0.5, 0.6) is 11.5 Å². The number of fused-ring (bicyclic) bond motifs is 7. The molecule has 0 amide bonds. The van der Waals surface area contributed by atoms with Crippen molar-refractivity contribution in [3.63, 3.8) is 0 Å². The maximum atomic E-state index is 13.4. The third kappa shape index (κ3) is 3.43. The maximum absolute atomic E-state index is 13.4. The van der Waals surface area contributed by atoms with E-state index in [1.807, 2.05) is 30.3 Å². The fourth-order valence-electron chi connectivity index (χ4n) is 6.87. The summed E-state index contributed by atoms with van der Waals surface area (Å²) in [6.07, 6.45) is 1.05. The molecule has 0 fully saturated rings. The topological polar surface area (TPSA) is 42.0 Å². The molecule has 0 aromatic heterocycles. The van der Waals surface area contributed by atoms with Crippen molar-refractivity contribution >= 4 is 23.0 Å². The molecule has 3 unspecified atom stereocenters. The van der Waals surface area contributed by atoms with Gasteiger partial charge in [0.1, 0.15) is 11.5 Å². The molecule has 0 bridgehead atoms. The van der Waals surface area contributed by atoms with Crippen molar-refractivity contribution in [2.45, 2.75) is 45.8 Å². The number of esters is 1. The highest BCUT2D eigenvalue weighted by atomic mass is 16.6. The molecule has 5 nitrogen and oxygen atoms in total. The predicted molar refractivity (Wildman–Crippen MR) is 159 cm³/mol. The first-order valence-electron chi connectivity index (χ1n) is 14.4. The van der Waals surface area contributed by atoms with E-state index in [-0.39, 0.29) is 5.97 Å². The van der Waals surface area contributed by atoms with E-state index in [1.54, 1.807) is 0 Å². The van der Waals surface area contributed by atoms with E-state index in [0.29, 0.717) is 23.3 Å². The van der Waals surface area contributed by atoms with Crippen molar-refractivity contribution in [3.05, 3.63) is 113 Å². The molecule has 4 aromatic carbocycles. The van der Waals surface area contributed by atoms with Crippen LogP contribution in [-0.4, -0.2) is 25.1 Å². The molecule has 3 aliphatic heterocycles. The molecular formula is C35H34N2O3. The van der Waals surface area contributed by atoms with Crippen LogP contribution in [0.15, 0.2) is 84.9 Å². The van der Waals surface area contributed by atoms with Crippen LogP contribution in [0.25, 0.3) is 0 Å². The first-order valence-corrected chi connectivity index (χ1v) is 14.4. The summed E-state index contributed by atoms with van der Waals surface area (Å²) < 4.78 is 13.1. The smallest absolute Gasteiger partial charge is 0.340 e. The van der Waals surface area contributed by atoms with Gasteiger partial charge in [0.15, 0.2) is 5.60 Å². The molecular weight excluding hydrogens is 496 g/mol. The third-order valence-electron chi connectivity index (χ3n) is 9.11. The number of para-hydroxylation sites is 1. The maximum Gasteiger partial charge on any atom is 0.340 e. The number of anilines is 3. The van der Waals surface area contributed by atoms with Gasteiger partial charge in [-0.15, -0.1) is 0 Å². The summed E-state index contributed by atoms with van der Waals surface area (Å²) in [5.74, 6) is 1.61. The first-order chi connectivity index (χ1) is 19.5. The number of carbonyl (C=O) groups is 1. The van der Waals surface area contributed by atoms with E-state index in [0.717, 1.165) is 53.3 Å². The number of ether oxygens (including phenoxy) is 2. The zero-order chi connectivity index (χ0) is 27.6. The van der Waals surface area contributed by atoms with Crippen LogP contribution in [0.1, 0.15) is 60.3 Å². The van der Waals surface area contributed by atoms with E-state index in [1.165, 1.54) is 11.3 Å². The van der Waals surface area contributed by atoms with Gasteiger partial charge in [0, 0.05) is 59.0 Å². The first kappa shape index (κ1) is 24.8. The quantitative estimate of drug-likeness (QED) is 0.252. The Bertz CT molecular complexity index is 1640. The van der Waals surface area contributed by atoms with Crippen LogP contribution < -0.4 is 14.5 Å². The highest BCUT2D eigenvalue weighted by molar-refractivity contribution is 5.97. The zero-order valence-corrected chi connectivity index (χ0v) is 23.5. The summed E-state index contributed by atoms with van der Waals surface area (Å²) in [5.41, 5.74) is 6.82. The van der Waals surface area contributed by atoms with Crippen molar-refractivity contribution in [2.24, 2.45) is 5.92 Å². The number of hydrogen-bond acceptors (Lipinski definition) is 5. The van der Waals surface area contributed by atoms with Gasteiger partial charge in [-0.05, 0) is 81.1 Å². The van der Waals surface area contributed by atoms with E-state index >= 15 is 0 Å². The van der Waals surface area contributed by atoms with Gasteiger partial charge in [0.2, 0.25) is 0 Å². The Hall–Kier alpha value is -4.25. The lowest BCUT2D eigenvalue weighted by Crippen LogP contribution is -2.39. The summed E-state index contributed by atoms with van der Waals surface area (Å²) in [5, 5.41) is 0. The summed E-state index contributed by atoms with van der Waals surface area (Å²) in [6.45, 7) is 10.7. The molecule has 0 saturated heterocycles. The lowest BCUT2D eigenvalue weighted by molar-refractivity contribution is 0.0224. The van der Waals surface area contributed by atoms with Crippen LogP contribution in [0.4, 0.5) is 17.1 Å². The minimum absolute atomic E-state index is 0.302. The lowest BCUT2D eigenvalue weighted by atomic mass is 9.77. The zero-order valence-electron chi connectivity index (χ0n) is 23.5. The number of rotatable bonds is 4. The van der Waals surface area contributed by atoms with Gasteiger partial charge in [-0.3, -0.25) is 0 Å². The fourth-order valence-corrected chi connectivity index (χ4v) is 6.87. The Balaban J connectivity index is 1.46. The highest BCUT2D eigenvalue weighted by Gasteiger charge is 2.53. The minimum Gasteiger partial charge on any atom is -0.456 e. The van der Waals surface area contributed by atoms with Gasteiger partial charge < -0.3 is 19.3 Å². The highest BCUT2D eigenvalue weighted by Crippen LogP contribution is 2.57. The second kappa shape index (κ2) is 9.16. The van der Waals surface area contributed by atoms with Crippen molar-refractivity contribution in [1.29, 1.82) is 0 Å². The van der Waals surface area contributed by atoms with Crippen LogP contribution in [0, 0.1) is 5.92 Å². The van der Waals surface area contributed by atoms with Gasteiger partial charge in [-0.1, -0.05) is 43.3 Å². The molecule has 0 radical (unpaired) electrons. The second-order valence-corrected chi connectivity index (χ2v) is 11.2. The molecule has 5 heteroatoms. The Morgan fingerprint density at radius 3 is 2.45 bits per heavy atom.